The molecule has 15 nitrogen and oxygen atoms in total. The minimum absolute atomic E-state index is 0.0483. The van der Waals surface area contributed by atoms with Crippen LogP contribution in [0.2, 0.25) is 0 Å². The monoisotopic (exact) mass is 671 g/mol. The predicted molar refractivity (Wildman–Crippen MR) is 177 cm³/mol. The van der Waals surface area contributed by atoms with Gasteiger partial charge in [0.25, 0.3) is 0 Å². The number of nitrogens with one attached hydrogen (secondary N) is 5. The number of H-pyrrole nitrogens is 1. The summed E-state index contributed by atoms with van der Waals surface area (Å²) >= 11 is 0. The molecular weight excluding hydrogens is 622 g/mol. The molecule has 1 saturated heterocycles. The van der Waals surface area contributed by atoms with Gasteiger partial charge in [-0.2, -0.15) is 0 Å². The lowest BCUT2D eigenvalue weighted by atomic mass is 10.0. The number of nitrogens with two attached hydrogens (primary N) is 1. The van der Waals surface area contributed by atoms with Gasteiger partial charge in [0, 0.05) is 30.1 Å². The first-order chi connectivity index (χ1) is 22.6. The molecule has 9 N–H and O–H groups in total. The quantitative estimate of drug-likeness (QED) is 0.117. The van der Waals surface area contributed by atoms with Gasteiger partial charge in [0.05, 0.1) is 18.7 Å². The standard InChI is InChI=1S/C33H49N7O8/c1-17(2)13-23(29(43)36-16-26(42)40-12-8-11-25(40)33(47)48)38-32(46)28(19(5)41)39-30(44)24(37-31(45)27(34)18(3)4)14-20-15-35-22-10-7-6-9-21(20)22/h6-7,9-10,15,17-19,23-25,27-28,35,41H,8,11-14,16,34H2,1-5H3,(H,36,43)(H,37,45)(H,38,46)(H,39,44)(H,47,48)/t19-,23+,24+,25+,27+,28+/m1/s1. The first-order valence-corrected chi connectivity index (χ1v) is 16.3. The Morgan fingerprint density at radius 2 is 1.60 bits per heavy atom. The van der Waals surface area contributed by atoms with Gasteiger partial charge in [0.15, 0.2) is 0 Å². The number of fused-ring (bicyclic) bond motifs is 1. The molecule has 1 aliphatic rings. The summed E-state index contributed by atoms with van der Waals surface area (Å²) in [4.78, 5) is 81.8. The van der Waals surface area contributed by atoms with Gasteiger partial charge in [-0.1, -0.05) is 45.9 Å². The lowest BCUT2D eigenvalue weighted by molar-refractivity contribution is -0.148. The Morgan fingerprint density at radius 1 is 0.938 bits per heavy atom. The Hall–Kier alpha value is -4.50. The molecule has 6 atom stereocenters. The number of rotatable bonds is 16. The number of carboxylic acid groups (broad SMARTS) is 1. The second-order valence-corrected chi connectivity index (χ2v) is 13.1. The van der Waals surface area contributed by atoms with Crippen molar-refractivity contribution < 1.29 is 39.0 Å². The number of aromatic nitrogens is 1. The maximum atomic E-state index is 13.7. The molecule has 3 rings (SSSR count). The first-order valence-electron chi connectivity index (χ1n) is 16.3. The Morgan fingerprint density at radius 3 is 2.23 bits per heavy atom. The highest BCUT2D eigenvalue weighted by Gasteiger charge is 2.36. The lowest BCUT2D eigenvalue weighted by Crippen LogP contribution is -2.61. The van der Waals surface area contributed by atoms with Crippen LogP contribution >= 0.6 is 0 Å². The topological polar surface area (TPSA) is 236 Å². The van der Waals surface area contributed by atoms with Crippen LogP contribution in [0.1, 0.15) is 59.4 Å². The SMILES string of the molecule is CC(C)C[C@H](NC(=O)[C@@H](NC(=O)[C@H](Cc1c[nH]c2ccccc12)NC(=O)[C@@H](N)C(C)C)[C@@H](C)O)C(=O)NCC(=O)N1CCC[C@H]1C(=O)O. The molecule has 264 valence electrons. The predicted octanol–water partition coefficient (Wildman–Crippen LogP) is -0.233. The van der Waals surface area contributed by atoms with Gasteiger partial charge in [0.1, 0.15) is 24.2 Å². The number of carboxylic acids is 1. The summed E-state index contributed by atoms with van der Waals surface area (Å²) in [5.41, 5.74) is 7.61. The number of nitrogens with zero attached hydrogens (tertiary/aromatic N) is 1. The van der Waals surface area contributed by atoms with Gasteiger partial charge in [0.2, 0.25) is 29.5 Å². The van der Waals surface area contributed by atoms with Gasteiger partial charge < -0.3 is 47.1 Å². The number of aliphatic hydroxyl groups excluding tert-OH is 1. The van der Waals surface area contributed by atoms with E-state index in [0.29, 0.717) is 12.8 Å². The van der Waals surface area contributed by atoms with Crippen molar-refractivity contribution in [2.24, 2.45) is 17.6 Å². The van der Waals surface area contributed by atoms with Crippen molar-refractivity contribution in [3.63, 3.8) is 0 Å². The molecule has 0 unspecified atom stereocenters. The van der Waals surface area contributed by atoms with Crippen LogP contribution in [0.4, 0.5) is 0 Å². The number of aliphatic hydroxyl groups is 1. The number of carbonyl (C=O) groups is 6. The summed E-state index contributed by atoms with van der Waals surface area (Å²) in [6.07, 6.45) is 1.40. The summed E-state index contributed by atoms with van der Waals surface area (Å²) in [5.74, 6) is -4.81. The largest absolute Gasteiger partial charge is 0.480 e. The molecule has 15 heteroatoms. The van der Waals surface area contributed by atoms with Crippen LogP contribution in [0.25, 0.3) is 10.9 Å². The smallest absolute Gasteiger partial charge is 0.326 e. The highest BCUT2D eigenvalue weighted by Crippen LogP contribution is 2.20. The number of aliphatic carboxylic acids is 1. The zero-order valence-corrected chi connectivity index (χ0v) is 28.1. The highest BCUT2D eigenvalue weighted by molar-refractivity contribution is 5.96. The molecule has 0 bridgehead atoms. The molecule has 2 aromatic rings. The number of aromatic amines is 1. The van der Waals surface area contributed by atoms with E-state index in [9.17, 15) is 39.0 Å². The summed E-state index contributed by atoms with van der Waals surface area (Å²) in [6, 6.07) is 1.76. The van der Waals surface area contributed by atoms with E-state index < -0.39 is 78.4 Å². The molecular formula is C33H49N7O8. The van der Waals surface area contributed by atoms with Gasteiger partial charge in [-0.3, -0.25) is 24.0 Å². The summed E-state index contributed by atoms with van der Waals surface area (Å²) in [5, 5.41) is 31.1. The van der Waals surface area contributed by atoms with Crippen LogP contribution in [0.3, 0.4) is 0 Å². The van der Waals surface area contributed by atoms with Crippen LogP contribution in [0, 0.1) is 11.8 Å². The van der Waals surface area contributed by atoms with Crippen molar-refractivity contribution in [3.05, 3.63) is 36.0 Å². The fraction of sp³-hybridized carbons (Fsp3) is 0.576. The van der Waals surface area contributed by atoms with Crippen molar-refractivity contribution in [1.29, 1.82) is 0 Å². The lowest BCUT2D eigenvalue weighted by Gasteiger charge is -2.28. The number of para-hydroxylation sites is 1. The zero-order valence-electron chi connectivity index (χ0n) is 28.1. The van der Waals surface area contributed by atoms with Crippen molar-refractivity contribution in [1.82, 2.24) is 31.2 Å². The summed E-state index contributed by atoms with van der Waals surface area (Å²) in [6.45, 7) is 8.30. The molecule has 5 amide bonds. The fourth-order valence-corrected chi connectivity index (χ4v) is 5.63. The normalized spacial score (nSPS) is 17.8. The Bertz CT molecular complexity index is 1470. The Labute approximate surface area is 279 Å². The second-order valence-electron chi connectivity index (χ2n) is 13.1. The number of amides is 5. The second kappa shape index (κ2) is 17.1. The average molecular weight is 672 g/mol. The number of likely N-dealkylation sites (tertiary alicyclic amines) is 1. The van der Waals surface area contributed by atoms with Crippen LogP contribution < -0.4 is 27.0 Å². The number of benzene rings is 1. The minimum atomic E-state index is -1.51. The summed E-state index contributed by atoms with van der Waals surface area (Å²) < 4.78 is 0. The van der Waals surface area contributed by atoms with Gasteiger partial charge >= 0.3 is 5.97 Å². The van der Waals surface area contributed by atoms with E-state index in [0.717, 1.165) is 16.5 Å². The van der Waals surface area contributed by atoms with E-state index in [1.54, 1.807) is 20.0 Å². The van der Waals surface area contributed by atoms with Crippen LogP contribution in [0.15, 0.2) is 30.5 Å². The van der Waals surface area contributed by atoms with Crippen molar-refractivity contribution >= 4 is 46.4 Å². The molecule has 0 radical (unpaired) electrons. The Balaban J connectivity index is 1.75. The Kier molecular flexibility index (Phi) is 13.5. The molecule has 0 spiro atoms. The molecule has 48 heavy (non-hydrogen) atoms. The van der Waals surface area contributed by atoms with Crippen LogP contribution in [-0.4, -0.2) is 105 Å². The van der Waals surface area contributed by atoms with E-state index in [1.165, 1.54) is 11.8 Å². The third kappa shape index (κ3) is 10.0. The number of carbonyl (C=O) groups excluding carboxylic acids is 5. The molecule has 1 aromatic heterocycles. The highest BCUT2D eigenvalue weighted by atomic mass is 16.4. The van der Waals surface area contributed by atoms with E-state index in [-0.39, 0.29) is 31.2 Å². The summed E-state index contributed by atoms with van der Waals surface area (Å²) in [7, 11) is 0. The van der Waals surface area contributed by atoms with Gasteiger partial charge in [-0.15, -0.1) is 0 Å². The van der Waals surface area contributed by atoms with Gasteiger partial charge in [-0.25, -0.2) is 4.79 Å². The fourth-order valence-electron chi connectivity index (χ4n) is 5.63. The van der Waals surface area contributed by atoms with Gasteiger partial charge in [-0.05, 0) is 49.7 Å². The van der Waals surface area contributed by atoms with Crippen molar-refractivity contribution in [3.8, 4) is 0 Å². The molecule has 1 aromatic carbocycles. The minimum Gasteiger partial charge on any atom is -0.480 e. The maximum absolute atomic E-state index is 13.7. The first kappa shape index (κ1) is 38.0. The molecule has 0 aliphatic carbocycles. The van der Waals surface area contributed by atoms with E-state index >= 15 is 0 Å². The van der Waals surface area contributed by atoms with Crippen LogP contribution in [-0.2, 0) is 35.2 Å². The maximum Gasteiger partial charge on any atom is 0.326 e. The van der Waals surface area contributed by atoms with Crippen molar-refractivity contribution in [2.45, 2.75) is 96.6 Å². The molecule has 0 saturated carbocycles. The van der Waals surface area contributed by atoms with Crippen LogP contribution in [0.5, 0.6) is 0 Å². The van der Waals surface area contributed by atoms with E-state index in [2.05, 4.69) is 26.3 Å². The third-order valence-corrected chi connectivity index (χ3v) is 8.43. The van der Waals surface area contributed by atoms with E-state index in [1.807, 2.05) is 38.1 Å². The average Bonchev–Trinajstić information content (AvgIpc) is 3.68. The molecule has 2 heterocycles. The van der Waals surface area contributed by atoms with E-state index in [4.69, 9.17) is 5.73 Å². The van der Waals surface area contributed by atoms with Crippen molar-refractivity contribution in [2.75, 3.05) is 13.1 Å². The molecule has 1 fully saturated rings. The number of hydrogen-bond acceptors (Lipinski definition) is 8. The zero-order chi connectivity index (χ0) is 35.7. The third-order valence-electron chi connectivity index (χ3n) is 8.43. The molecule has 1 aliphatic heterocycles. The number of hydrogen-bond donors (Lipinski definition) is 8.